The van der Waals surface area contributed by atoms with Gasteiger partial charge in [-0.25, -0.2) is 4.98 Å². The summed E-state index contributed by atoms with van der Waals surface area (Å²) in [6, 6.07) is 3.10. The average molecular weight is 265 g/mol. The van der Waals surface area contributed by atoms with Crippen molar-refractivity contribution in [1.29, 1.82) is 0 Å². The second-order valence-electron chi connectivity index (χ2n) is 4.82. The standard InChI is InChI=1S/C12H19N5O2/c1-14-8-9-4-6-16(7-5-9)11-3-2-10(17(18)19)12(13)15-11/h2-3,9,14H,4-8H2,1H3,(H2,13,15). The van der Waals surface area contributed by atoms with Crippen molar-refractivity contribution in [1.82, 2.24) is 10.3 Å². The van der Waals surface area contributed by atoms with Crippen LogP contribution in [0.3, 0.4) is 0 Å². The Hall–Kier alpha value is -1.89. The Labute approximate surface area is 112 Å². The van der Waals surface area contributed by atoms with Crippen molar-refractivity contribution in [3.05, 3.63) is 22.2 Å². The van der Waals surface area contributed by atoms with Crippen molar-refractivity contribution in [2.24, 2.45) is 5.92 Å². The summed E-state index contributed by atoms with van der Waals surface area (Å²) in [5.41, 5.74) is 5.48. The van der Waals surface area contributed by atoms with E-state index in [1.165, 1.54) is 6.07 Å². The number of pyridine rings is 1. The zero-order valence-electron chi connectivity index (χ0n) is 11.0. The molecular formula is C12H19N5O2. The molecule has 1 aromatic rings. The van der Waals surface area contributed by atoms with Crippen LogP contribution < -0.4 is 16.0 Å². The predicted molar refractivity (Wildman–Crippen MR) is 74.2 cm³/mol. The van der Waals surface area contributed by atoms with Crippen LogP contribution in [0.1, 0.15) is 12.8 Å². The second-order valence-corrected chi connectivity index (χ2v) is 4.82. The van der Waals surface area contributed by atoms with Gasteiger partial charge in [0.05, 0.1) is 4.92 Å². The van der Waals surface area contributed by atoms with Crippen LogP contribution in [0.2, 0.25) is 0 Å². The van der Waals surface area contributed by atoms with Gasteiger partial charge in [-0.15, -0.1) is 0 Å². The fraction of sp³-hybridized carbons (Fsp3) is 0.583. The van der Waals surface area contributed by atoms with E-state index in [0.29, 0.717) is 5.92 Å². The number of hydrogen-bond acceptors (Lipinski definition) is 6. The maximum atomic E-state index is 10.7. The van der Waals surface area contributed by atoms with Gasteiger partial charge >= 0.3 is 5.69 Å². The summed E-state index contributed by atoms with van der Waals surface area (Å²) in [6.07, 6.45) is 2.19. The number of nitro groups is 1. The molecule has 0 saturated carbocycles. The van der Waals surface area contributed by atoms with Gasteiger partial charge in [0.15, 0.2) is 0 Å². The van der Waals surface area contributed by atoms with E-state index in [2.05, 4.69) is 15.2 Å². The largest absolute Gasteiger partial charge is 0.378 e. The first-order valence-electron chi connectivity index (χ1n) is 6.42. The Morgan fingerprint density at radius 3 is 2.74 bits per heavy atom. The van der Waals surface area contributed by atoms with Gasteiger partial charge in [-0.1, -0.05) is 0 Å². The Bertz CT molecular complexity index is 457. The number of hydrogen-bond donors (Lipinski definition) is 2. The molecule has 1 aliphatic rings. The molecule has 0 bridgehead atoms. The molecule has 0 aliphatic carbocycles. The molecule has 7 heteroatoms. The molecule has 2 rings (SSSR count). The van der Waals surface area contributed by atoms with Crippen LogP contribution in [0, 0.1) is 16.0 Å². The van der Waals surface area contributed by atoms with Gasteiger partial charge in [-0.05, 0) is 38.4 Å². The third kappa shape index (κ3) is 3.11. The molecule has 1 fully saturated rings. The van der Waals surface area contributed by atoms with Crippen LogP contribution in [0.5, 0.6) is 0 Å². The van der Waals surface area contributed by atoms with Gasteiger partial charge in [0.25, 0.3) is 0 Å². The number of piperidine rings is 1. The summed E-state index contributed by atoms with van der Waals surface area (Å²) in [5.74, 6) is 1.41. The van der Waals surface area contributed by atoms with E-state index in [0.717, 1.165) is 38.3 Å². The van der Waals surface area contributed by atoms with E-state index in [-0.39, 0.29) is 11.5 Å². The van der Waals surface area contributed by atoms with Crippen LogP contribution in [0.4, 0.5) is 17.3 Å². The van der Waals surface area contributed by atoms with Crippen molar-refractivity contribution in [3.8, 4) is 0 Å². The molecule has 104 valence electrons. The van der Waals surface area contributed by atoms with Crippen LogP contribution in [0.25, 0.3) is 0 Å². The van der Waals surface area contributed by atoms with Gasteiger partial charge in [-0.2, -0.15) is 0 Å². The summed E-state index contributed by atoms with van der Waals surface area (Å²) in [5, 5.41) is 13.9. The molecule has 7 nitrogen and oxygen atoms in total. The highest BCUT2D eigenvalue weighted by Gasteiger charge is 2.21. The summed E-state index contributed by atoms with van der Waals surface area (Å²) in [4.78, 5) is 16.4. The molecule has 0 amide bonds. The van der Waals surface area contributed by atoms with Crippen molar-refractivity contribution >= 4 is 17.3 Å². The minimum absolute atomic E-state index is 0.0140. The first-order valence-corrected chi connectivity index (χ1v) is 6.42. The maximum Gasteiger partial charge on any atom is 0.311 e. The molecule has 2 heterocycles. The smallest absolute Gasteiger partial charge is 0.311 e. The van der Waals surface area contributed by atoms with Crippen molar-refractivity contribution in [3.63, 3.8) is 0 Å². The molecule has 1 saturated heterocycles. The molecule has 19 heavy (non-hydrogen) atoms. The lowest BCUT2D eigenvalue weighted by Gasteiger charge is -2.32. The lowest BCUT2D eigenvalue weighted by atomic mass is 9.97. The number of nitrogens with one attached hydrogen (secondary N) is 1. The molecule has 0 unspecified atom stereocenters. The van der Waals surface area contributed by atoms with E-state index < -0.39 is 4.92 Å². The maximum absolute atomic E-state index is 10.7. The fourth-order valence-electron chi connectivity index (χ4n) is 2.44. The van der Waals surface area contributed by atoms with Crippen LogP contribution in [-0.4, -0.2) is 36.6 Å². The molecule has 3 N–H and O–H groups in total. The molecule has 1 aliphatic heterocycles. The molecule has 0 aromatic carbocycles. The third-order valence-electron chi connectivity index (χ3n) is 3.52. The van der Waals surface area contributed by atoms with Crippen molar-refractivity contribution in [2.75, 3.05) is 37.3 Å². The van der Waals surface area contributed by atoms with Crippen LogP contribution >= 0.6 is 0 Å². The first kappa shape index (κ1) is 13.5. The Morgan fingerprint density at radius 2 is 2.21 bits per heavy atom. The summed E-state index contributed by atoms with van der Waals surface area (Å²) < 4.78 is 0. The van der Waals surface area contributed by atoms with Gasteiger partial charge in [0.2, 0.25) is 5.82 Å². The average Bonchev–Trinajstić information content (AvgIpc) is 2.39. The second kappa shape index (κ2) is 5.83. The lowest BCUT2D eigenvalue weighted by molar-refractivity contribution is -0.384. The number of nitrogen functional groups attached to an aromatic ring is 1. The highest BCUT2D eigenvalue weighted by Crippen LogP contribution is 2.26. The predicted octanol–water partition coefficient (Wildman–Crippen LogP) is 1.01. The summed E-state index contributed by atoms with van der Waals surface area (Å²) >= 11 is 0. The highest BCUT2D eigenvalue weighted by molar-refractivity contribution is 5.58. The van der Waals surface area contributed by atoms with Crippen molar-refractivity contribution < 1.29 is 4.92 Å². The zero-order chi connectivity index (χ0) is 13.8. The van der Waals surface area contributed by atoms with Crippen LogP contribution in [0.15, 0.2) is 12.1 Å². The first-order chi connectivity index (χ1) is 9.11. The summed E-state index contributed by atoms with van der Waals surface area (Å²) in [6.45, 7) is 2.86. The van der Waals surface area contributed by atoms with E-state index >= 15 is 0 Å². The molecule has 1 aromatic heterocycles. The van der Waals surface area contributed by atoms with Crippen LogP contribution in [-0.2, 0) is 0 Å². The van der Waals surface area contributed by atoms with E-state index in [1.54, 1.807) is 6.07 Å². The normalized spacial score (nSPS) is 16.6. The third-order valence-corrected chi connectivity index (χ3v) is 3.52. The minimum atomic E-state index is -0.509. The van der Waals surface area contributed by atoms with Crippen molar-refractivity contribution in [2.45, 2.75) is 12.8 Å². The number of rotatable bonds is 4. The molecule has 0 atom stereocenters. The van der Waals surface area contributed by atoms with Gasteiger partial charge in [0, 0.05) is 19.2 Å². The van der Waals surface area contributed by atoms with Gasteiger partial charge in [0.1, 0.15) is 5.82 Å². The molecule has 0 radical (unpaired) electrons. The SMILES string of the molecule is CNCC1CCN(c2ccc([N+](=O)[O-])c(N)n2)CC1. The van der Waals surface area contributed by atoms with E-state index in [1.807, 2.05) is 7.05 Å². The monoisotopic (exact) mass is 265 g/mol. The number of aromatic nitrogens is 1. The molecular weight excluding hydrogens is 246 g/mol. The number of nitrogens with zero attached hydrogens (tertiary/aromatic N) is 3. The summed E-state index contributed by atoms with van der Waals surface area (Å²) in [7, 11) is 1.96. The highest BCUT2D eigenvalue weighted by atomic mass is 16.6. The zero-order valence-corrected chi connectivity index (χ0v) is 11.0. The lowest BCUT2D eigenvalue weighted by Crippen LogP contribution is -2.37. The number of nitrogens with two attached hydrogens (primary N) is 1. The van der Waals surface area contributed by atoms with E-state index in [9.17, 15) is 10.1 Å². The van der Waals surface area contributed by atoms with Gasteiger partial charge in [-0.3, -0.25) is 10.1 Å². The van der Waals surface area contributed by atoms with E-state index in [4.69, 9.17) is 5.73 Å². The number of anilines is 2. The topological polar surface area (TPSA) is 97.3 Å². The Balaban J connectivity index is 2.04. The Morgan fingerprint density at radius 1 is 1.53 bits per heavy atom. The fourth-order valence-corrected chi connectivity index (χ4v) is 2.44. The Kier molecular flexibility index (Phi) is 4.16. The molecule has 0 spiro atoms. The quantitative estimate of drug-likeness (QED) is 0.623. The van der Waals surface area contributed by atoms with Gasteiger partial charge < -0.3 is 16.0 Å². The minimum Gasteiger partial charge on any atom is -0.378 e.